The molecule has 1 aromatic rings. The van der Waals surface area contributed by atoms with E-state index >= 15 is 0 Å². The number of nitrogens with zero attached hydrogens (tertiary/aromatic N) is 2. The molecule has 0 bridgehead atoms. The minimum atomic E-state index is 0. The van der Waals surface area contributed by atoms with Crippen LogP contribution in [0.5, 0.6) is 0 Å². The van der Waals surface area contributed by atoms with Crippen molar-refractivity contribution in [3.63, 3.8) is 0 Å². The van der Waals surface area contributed by atoms with E-state index in [4.69, 9.17) is 4.74 Å². The molecule has 0 N–H and O–H groups in total. The zero-order valence-electron chi connectivity index (χ0n) is 8.14. The van der Waals surface area contributed by atoms with Crippen LogP contribution in [-0.4, -0.2) is 42.5 Å². The molecule has 1 aliphatic rings. The molecule has 15 heavy (non-hydrogen) atoms. The van der Waals surface area contributed by atoms with E-state index in [1.165, 1.54) is 11.3 Å². The van der Waals surface area contributed by atoms with Crippen LogP contribution < -0.4 is 0 Å². The first-order chi connectivity index (χ1) is 6.88. The normalized spacial score (nSPS) is 17.1. The number of carbonyl (C=O) groups excluding carboxylic acids is 1. The Morgan fingerprint density at radius 1 is 1.53 bits per heavy atom. The zero-order chi connectivity index (χ0) is 9.80. The maximum absolute atomic E-state index is 10.3. The van der Waals surface area contributed by atoms with Gasteiger partial charge in [-0.25, -0.2) is 11.3 Å². The van der Waals surface area contributed by atoms with Crippen LogP contribution in [0.3, 0.4) is 0 Å². The van der Waals surface area contributed by atoms with Crippen LogP contribution in [-0.2, 0) is 37.1 Å². The Morgan fingerprint density at radius 2 is 2.27 bits per heavy atom. The van der Waals surface area contributed by atoms with Gasteiger partial charge in [0.15, 0.2) is 0 Å². The first kappa shape index (κ1) is 13.0. The van der Waals surface area contributed by atoms with Crippen molar-refractivity contribution < 1.29 is 30.6 Å². The van der Waals surface area contributed by atoms with Crippen molar-refractivity contribution >= 4 is 17.6 Å². The molecule has 0 unspecified atom stereocenters. The first-order valence-corrected chi connectivity index (χ1v) is 5.39. The van der Waals surface area contributed by atoms with Crippen molar-refractivity contribution in [2.75, 3.05) is 26.3 Å². The number of morpholine rings is 1. The molecule has 2 heterocycles. The largest absolute Gasteiger partial charge is 0.417 e. The average Bonchev–Trinajstić information content (AvgIpc) is 2.67. The molecule has 6 heteroatoms. The average molecular weight is 307 g/mol. The molecule has 1 fully saturated rings. The number of hydrogen-bond acceptors (Lipinski definition) is 5. The van der Waals surface area contributed by atoms with Gasteiger partial charge in [-0.05, 0) is 0 Å². The summed E-state index contributed by atoms with van der Waals surface area (Å²) in [6.07, 6.45) is 1.79. The molecule has 0 spiro atoms. The van der Waals surface area contributed by atoms with Gasteiger partial charge in [0.05, 0.1) is 18.2 Å². The van der Waals surface area contributed by atoms with Crippen LogP contribution in [0.1, 0.15) is 10.7 Å². The standard InChI is InChI=1S/C9H11N2O2S.Mo/c12-6-8-7-14-9(10-8)5-11-1-3-13-4-2-11;/h7H,1-5H2;/q-1;. The second-order valence-electron chi connectivity index (χ2n) is 3.12. The van der Waals surface area contributed by atoms with Crippen molar-refractivity contribution in [2.45, 2.75) is 6.54 Å². The van der Waals surface area contributed by atoms with Crippen molar-refractivity contribution in [1.29, 1.82) is 0 Å². The Morgan fingerprint density at radius 3 is 2.87 bits per heavy atom. The van der Waals surface area contributed by atoms with Crippen molar-refractivity contribution in [1.82, 2.24) is 9.88 Å². The second kappa shape index (κ2) is 6.48. The van der Waals surface area contributed by atoms with Crippen LogP contribution in [0.2, 0.25) is 0 Å². The van der Waals surface area contributed by atoms with E-state index in [1.807, 2.05) is 0 Å². The summed E-state index contributed by atoms with van der Waals surface area (Å²) < 4.78 is 5.24. The van der Waals surface area contributed by atoms with Crippen molar-refractivity contribution in [3.05, 3.63) is 16.1 Å². The summed E-state index contributed by atoms with van der Waals surface area (Å²) >= 11 is 1.51. The summed E-state index contributed by atoms with van der Waals surface area (Å²) in [5, 5.41) is 2.72. The topological polar surface area (TPSA) is 42.4 Å². The summed E-state index contributed by atoms with van der Waals surface area (Å²) in [6, 6.07) is 0. The third kappa shape index (κ3) is 3.76. The summed E-state index contributed by atoms with van der Waals surface area (Å²) in [5.41, 5.74) is 0.415. The van der Waals surface area contributed by atoms with Gasteiger partial charge >= 0.3 is 0 Å². The van der Waals surface area contributed by atoms with Crippen LogP contribution in [0, 0.1) is 0 Å². The van der Waals surface area contributed by atoms with E-state index in [2.05, 4.69) is 9.88 Å². The number of rotatable bonds is 3. The van der Waals surface area contributed by atoms with Gasteiger partial charge in [-0.15, -0.1) is 5.38 Å². The minimum Gasteiger partial charge on any atom is -0.417 e. The number of thiazole rings is 1. The fraction of sp³-hybridized carbons (Fsp3) is 0.556. The Kier molecular flexibility index (Phi) is 5.61. The third-order valence-electron chi connectivity index (χ3n) is 2.12. The number of ether oxygens (including phenoxy) is 1. The summed E-state index contributed by atoms with van der Waals surface area (Å²) in [6.45, 7) is 4.28. The van der Waals surface area contributed by atoms with Gasteiger partial charge in [-0.2, -0.15) is 0 Å². The summed E-state index contributed by atoms with van der Waals surface area (Å²) in [7, 11) is 0. The molecule has 1 saturated heterocycles. The molecule has 0 saturated carbocycles. The minimum absolute atomic E-state index is 0. The molecule has 0 aliphatic carbocycles. The molecule has 4 nitrogen and oxygen atoms in total. The molecule has 2 rings (SSSR count). The first-order valence-electron chi connectivity index (χ1n) is 4.51. The van der Waals surface area contributed by atoms with E-state index in [0.717, 1.165) is 37.9 Å². The Bertz CT molecular complexity index is 313. The molecule has 0 amide bonds. The maximum Gasteiger partial charge on any atom is 0.0862 e. The number of hydrogen-bond donors (Lipinski definition) is 0. The molecule has 1 aromatic heterocycles. The second-order valence-corrected chi connectivity index (χ2v) is 4.06. The zero-order valence-corrected chi connectivity index (χ0v) is 11.0. The third-order valence-corrected chi connectivity index (χ3v) is 2.95. The van der Waals surface area contributed by atoms with Gasteiger partial charge in [-0.1, -0.05) is 5.69 Å². The Labute approximate surface area is 107 Å². The van der Waals surface area contributed by atoms with E-state index in [-0.39, 0.29) is 21.1 Å². The van der Waals surface area contributed by atoms with Gasteiger partial charge in [0, 0.05) is 47.0 Å². The predicted molar refractivity (Wildman–Crippen MR) is 53.0 cm³/mol. The van der Waals surface area contributed by atoms with Gasteiger partial charge < -0.3 is 9.53 Å². The van der Waals surface area contributed by atoms with Gasteiger partial charge in [0.1, 0.15) is 0 Å². The SMILES string of the molecule is O=[C-]c1csc(CN2CCOCC2)n1.[Mo]. The molecule has 0 aromatic carbocycles. The van der Waals surface area contributed by atoms with Crippen molar-refractivity contribution in [3.8, 4) is 0 Å². The maximum atomic E-state index is 10.3. The molecular weight excluding hydrogens is 296 g/mol. The quantitative estimate of drug-likeness (QED) is 0.600. The molecular formula is C9H11MoN2O2S-. The summed E-state index contributed by atoms with van der Waals surface area (Å²) in [5.74, 6) is 0. The van der Waals surface area contributed by atoms with Crippen LogP contribution in [0.4, 0.5) is 0 Å². The fourth-order valence-electron chi connectivity index (χ4n) is 1.38. The number of aromatic nitrogens is 1. The predicted octanol–water partition coefficient (Wildman–Crippen LogP) is 0.431. The van der Waals surface area contributed by atoms with Crippen LogP contribution in [0.25, 0.3) is 0 Å². The van der Waals surface area contributed by atoms with Crippen molar-refractivity contribution in [2.24, 2.45) is 0 Å². The van der Waals surface area contributed by atoms with E-state index in [0.29, 0.717) is 5.69 Å². The van der Waals surface area contributed by atoms with Gasteiger partial charge in [-0.3, -0.25) is 9.88 Å². The van der Waals surface area contributed by atoms with Crippen LogP contribution in [0.15, 0.2) is 5.38 Å². The molecule has 1 aliphatic heterocycles. The Hall–Kier alpha value is -0.0917. The molecule has 82 valence electrons. The fourth-order valence-corrected chi connectivity index (χ4v) is 2.14. The van der Waals surface area contributed by atoms with E-state index in [1.54, 1.807) is 11.7 Å². The van der Waals surface area contributed by atoms with E-state index < -0.39 is 0 Å². The molecule has 0 atom stereocenters. The van der Waals surface area contributed by atoms with Crippen LogP contribution >= 0.6 is 11.3 Å². The summed E-state index contributed by atoms with van der Waals surface area (Å²) in [4.78, 5) is 16.7. The molecule has 0 radical (unpaired) electrons. The van der Waals surface area contributed by atoms with Gasteiger partial charge in [0.25, 0.3) is 0 Å². The Balaban J connectivity index is 0.00000112. The smallest absolute Gasteiger partial charge is 0.0862 e. The monoisotopic (exact) mass is 309 g/mol. The van der Waals surface area contributed by atoms with Gasteiger partial charge in [0.2, 0.25) is 0 Å². The van der Waals surface area contributed by atoms with E-state index in [9.17, 15) is 4.79 Å².